The Bertz CT molecular complexity index is 2070. The van der Waals surface area contributed by atoms with Crippen molar-refractivity contribution in [2.75, 3.05) is 23.3 Å². The van der Waals surface area contributed by atoms with Crippen molar-refractivity contribution in [2.45, 2.75) is 38.9 Å². The molecule has 0 unspecified atom stereocenters. The lowest BCUT2D eigenvalue weighted by Gasteiger charge is -2.33. The number of nitrogens with one attached hydrogen (secondary N) is 2. The van der Waals surface area contributed by atoms with Crippen molar-refractivity contribution in [1.29, 1.82) is 0 Å². The molecule has 1 fully saturated rings. The Morgan fingerprint density at radius 2 is 1.63 bits per heavy atom. The van der Waals surface area contributed by atoms with Crippen LogP contribution in [0.1, 0.15) is 50.2 Å². The molecule has 4 aromatic heterocycles. The van der Waals surface area contributed by atoms with Crippen molar-refractivity contribution in [1.82, 2.24) is 29.5 Å². The van der Waals surface area contributed by atoms with E-state index in [9.17, 15) is 14.0 Å². The Balaban J connectivity index is 0.000000218. The number of amides is 1. The van der Waals surface area contributed by atoms with E-state index in [0.29, 0.717) is 41.6 Å². The summed E-state index contributed by atoms with van der Waals surface area (Å²) in [6.07, 6.45) is 11.4. The highest BCUT2D eigenvalue weighted by Gasteiger charge is 2.24. The van der Waals surface area contributed by atoms with Gasteiger partial charge in [-0.2, -0.15) is 10.2 Å². The van der Waals surface area contributed by atoms with Crippen molar-refractivity contribution in [3.8, 4) is 0 Å². The van der Waals surface area contributed by atoms with Crippen molar-refractivity contribution in [3.05, 3.63) is 124 Å². The maximum Gasteiger partial charge on any atom is 0.338 e. The molecule has 1 amide bonds. The summed E-state index contributed by atoms with van der Waals surface area (Å²) >= 11 is 6.57. The molecule has 1 aliphatic heterocycles. The van der Waals surface area contributed by atoms with Gasteiger partial charge in [0.1, 0.15) is 11.5 Å². The van der Waals surface area contributed by atoms with E-state index in [1.807, 2.05) is 0 Å². The third-order valence-corrected chi connectivity index (χ3v) is 8.43. The summed E-state index contributed by atoms with van der Waals surface area (Å²) in [5.41, 5.74) is 12.2. The van der Waals surface area contributed by atoms with E-state index in [-0.39, 0.29) is 23.3 Å². The molecule has 5 heterocycles. The van der Waals surface area contributed by atoms with Crippen LogP contribution in [-0.4, -0.2) is 65.6 Å². The van der Waals surface area contributed by atoms with E-state index in [2.05, 4.69) is 61.6 Å². The molecule has 7 rings (SSSR count). The minimum absolute atomic E-state index is 0.0920. The van der Waals surface area contributed by atoms with Gasteiger partial charge in [0.15, 0.2) is 0 Å². The lowest BCUT2D eigenvalue weighted by molar-refractivity contribution is 0.0696. The number of nitrogens with zero attached hydrogens (tertiary/aromatic N) is 6. The maximum absolute atomic E-state index is 13.0. The minimum atomic E-state index is -1.01. The first kappa shape index (κ1) is 33.4. The van der Waals surface area contributed by atoms with Crippen LogP contribution in [0.25, 0.3) is 11.0 Å². The Morgan fingerprint density at radius 3 is 2.27 bits per heavy atom. The zero-order valence-electron chi connectivity index (χ0n) is 26.7. The summed E-state index contributed by atoms with van der Waals surface area (Å²) in [4.78, 5) is 33.4. The fourth-order valence-electron chi connectivity index (χ4n) is 5.66. The van der Waals surface area contributed by atoms with Crippen LogP contribution < -0.4 is 16.0 Å². The number of pyridine rings is 1. The van der Waals surface area contributed by atoms with E-state index in [0.717, 1.165) is 41.6 Å². The first-order valence-corrected chi connectivity index (χ1v) is 16.1. The number of carboxylic acid groups (broad SMARTS) is 1. The average Bonchev–Trinajstić information content (AvgIpc) is 3.85. The molecule has 0 saturated carbocycles. The first-order valence-electron chi connectivity index (χ1n) is 15.7. The van der Waals surface area contributed by atoms with Gasteiger partial charge in [-0.05, 0) is 43.0 Å². The number of hydrogen-bond donors (Lipinski definition) is 4. The molecule has 12 nitrogen and oxygen atoms in total. The quantitative estimate of drug-likeness (QED) is 0.159. The van der Waals surface area contributed by atoms with Gasteiger partial charge in [-0.3, -0.25) is 14.2 Å². The first-order chi connectivity index (χ1) is 23.6. The van der Waals surface area contributed by atoms with Gasteiger partial charge in [-0.1, -0.05) is 53.6 Å². The van der Waals surface area contributed by atoms with E-state index in [1.54, 1.807) is 41.6 Å². The van der Waals surface area contributed by atoms with E-state index in [4.69, 9.17) is 22.4 Å². The number of aromatic nitrogens is 6. The zero-order valence-corrected chi connectivity index (χ0v) is 27.4. The Morgan fingerprint density at radius 1 is 1.00 bits per heavy atom. The summed E-state index contributed by atoms with van der Waals surface area (Å²) < 4.78 is 15.9. The summed E-state index contributed by atoms with van der Waals surface area (Å²) in [7, 11) is 0. The molecule has 2 aromatic carbocycles. The molecule has 0 aliphatic carbocycles. The van der Waals surface area contributed by atoms with Gasteiger partial charge in [0.2, 0.25) is 0 Å². The second-order valence-corrected chi connectivity index (χ2v) is 12.4. The fraction of sp³-hybridized carbons (Fsp3) is 0.229. The predicted molar refractivity (Wildman–Crippen MR) is 186 cm³/mol. The van der Waals surface area contributed by atoms with Crippen molar-refractivity contribution >= 4 is 45.9 Å². The smallest absolute Gasteiger partial charge is 0.338 e. The second kappa shape index (κ2) is 14.7. The number of aromatic amines is 1. The number of carbonyl (C=O) groups is 2. The standard InChI is InChI=1S/C24H26ClN7O.C11H9FN2O2/c1-15-4-6-16(7-5-15)12-32-13-17(9-29-32)24(33)30-20-11-28-23-21(20)22(19(25)10-27-23)31-8-2-3-18(26)14-31;12-10-3-1-8(2-4-10)6-14-7-9(5-13-14)11(15)16/h4-7,9-11,13,18H,2-3,8,12,14,26H2,1H3,(H,27,28)(H,30,33);1-5,7H,6H2,(H,15,16)/t18-;/m1./s1. The van der Waals surface area contributed by atoms with Crippen molar-refractivity contribution < 1.29 is 19.1 Å². The number of aryl methyl sites for hydroxylation is 1. The summed E-state index contributed by atoms with van der Waals surface area (Å²) in [6.45, 7) is 4.64. The molecule has 14 heteroatoms. The highest BCUT2D eigenvalue weighted by molar-refractivity contribution is 6.35. The largest absolute Gasteiger partial charge is 0.478 e. The molecule has 5 N–H and O–H groups in total. The number of nitrogens with two attached hydrogens (primary N) is 1. The van der Waals surface area contributed by atoms with Gasteiger partial charge >= 0.3 is 5.97 Å². The maximum atomic E-state index is 13.0. The van der Waals surface area contributed by atoms with Gasteiger partial charge < -0.3 is 26.0 Å². The third-order valence-electron chi connectivity index (χ3n) is 8.15. The number of carboxylic acids is 1. The normalized spacial score (nSPS) is 14.4. The molecular formula is C35H35ClFN9O3. The number of fused-ring (bicyclic) bond motifs is 1. The van der Waals surface area contributed by atoms with Crippen molar-refractivity contribution in [3.63, 3.8) is 0 Å². The Hall–Kier alpha value is -5.53. The highest BCUT2D eigenvalue weighted by Crippen LogP contribution is 2.38. The minimum Gasteiger partial charge on any atom is -0.478 e. The van der Waals surface area contributed by atoms with Gasteiger partial charge in [0, 0.05) is 37.7 Å². The number of piperidine rings is 1. The van der Waals surface area contributed by atoms with Crippen molar-refractivity contribution in [2.24, 2.45) is 5.73 Å². The topological polar surface area (TPSA) is 160 Å². The van der Waals surface area contributed by atoms with Crippen LogP contribution in [0.2, 0.25) is 5.02 Å². The molecule has 49 heavy (non-hydrogen) atoms. The van der Waals surface area contributed by atoms with Crippen LogP contribution in [0.15, 0.2) is 85.7 Å². The molecule has 1 saturated heterocycles. The summed E-state index contributed by atoms with van der Waals surface area (Å²) in [6, 6.07) is 14.3. The summed E-state index contributed by atoms with van der Waals surface area (Å²) in [5, 5.41) is 21.3. The number of rotatable bonds is 8. The molecular weight excluding hydrogens is 649 g/mol. The predicted octanol–water partition coefficient (Wildman–Crippen LogP) is 5.72. The monoisotopic (exact) mass is 683 g/mol. The third kappa shape index (κ3) is 8.13. The van der Waals surface area contributed by atoms with Gasteiger partial charge in [-0.15, -0.1) is 0 Å². The van der Waals surface area contributed by atoms with Gasteiger partial charge in [0.05, 0.1) is 64.6 Å². The summed E-state index contributed by atoms with van der Waals surface area (Å²) in [5.74, 6) is -1.55. The average molecular weight is 684 g/mol. The number of halogens is 2. The number of H-pyrrole nitrogens is 1. The number of hydrogen-bond acceptors (Lipinski definition) is 7. The van der Waals surface area contributed by atoms with Gasteiger partial charge in [-0.25, -0.2) is 14.2 Å². The molecule has 0 bridgehead atoms. The number of carbonyl (C=O) groups excluding carboxylic acids is 1. The highest BCUT2D eigenvalue weighted by atomic mass is 35.5. The molecule has 1 atom stereocenters. The molecule has 6 aromatic rings. The van der Waals surface area contributed by atoms with Crippen LogP contribution in [0.4, 0.5) is 15.8 Å². The SMILES string of the molecule is Cc1ccc(Cn2cc(C(=O)Nc3c[nH]c4ncc(Cl)c(N5CCC[C@@H](N)C5)c34)cn2)cc1.O=C(O)c1cnn(Cc2ccc(F)cc2)c1. The molecule has 0 radical (unpaired) electrons. The van der Waals surface area contributed by atoms with Crippen LogP contribution in [0.5, 0.6) is 0 Å². The molecule has 252 valence electrons. The van der Waals surface area contributed by atoms with Crippen LogP contribution >= 0.6 is 11.6 Å². The number of aromatic carboxylic acids is 1. The second-order valence-electron chi connectivity index (χ2n) is 12.0. The lowest BCUT2D eigenvalue weighted by atomic mass is 10.1. The molecule has 0 spiro atoms. The van der Waals surface area contributed by atoms with E-state index >= 15 is 0 Å². The number of benzene rings is 2. The van der Waals surface area contributed by atoms with E-state index in [1.165, 1.54) is 34.8 Å². The lowest BCUT2D eigenvalue weighted by Crippen LogP contribution is -2.43. The van der Waals surface area contributed by atoms with Crippen LogP contribution in [0, 0.1) is 12.7 Å². The van der Waals surface area contributed by atoms with Gasteiger partial charge in [0.25, 0.3) is 5.91 Å². The molecule has 1 aliphatic rings. The zero-order chi connectivity index (χ0) is 34.5. The Labute approximate surface area is 286 Å². The van der Waals surface area contributed by atoms with Crippen LogP contribution in [-0.2, 0) is 13.1 Å². The number of anilines is 2. The van der Waals surface area contributed by atoms with Crippen LogP contribution in [0.3, 0.4) is 0 Å². The fourth-order valence-corrected chi connectivity index (χ4v) is 5.92. The van der Waals surface area contributed by atoms with E-state index < -0.39 is 5.97 Å². The Kier molecular flexibility index (Phi) is 10.0.